The van der Waals surface area contributed by atoms with E-state index < -0.39 is 17.1 Å². The van der Waals surface area contributed by atoms with Gasteiger partial charge in [-0.05, 0) is 47.9 Å². The number of benzene rings is 1. The van der Waals surface area contributed by atoms with Crippen LogP contribution in [-0.2, 0) is 33.4 Å². The second-order valence-corrected chi connectivity index (χ2v) is 9.96. The Kier molecular flexibility index (Phi) is 7.79. The number of hydrogen-bond donors (Lipinski definition) is 0. The molecule has 1 aliphatic rings. The number of nitrogens with zero attached hydrogens (tertiary/aromatic N) is 5. The molecule has 35 heavy (non-hydrogen) atoms. The van der Waals surface area contributed by atoms with Crippen LogP contribution in [0, 0.1) is 19.7 Å². The second kappa shape index (κ2) is 10.3. The van der Waals surface area contributed by atoms with Gasteiger partial charge in [-0.2, -0.15) is 5.10 Å². The van der Waals surface area contributed by atoms with Crippen LogP contribution in [0.3, 0.4) is 0 Å². The van der Waals surface area contributed by atoms with E-state index >= 15 is 4.39 Å². The predicted molar refractivity (Wildman–Crippen MR) is 131 cm³/mol. The van der Waals surface area contributed by atoms with Crippen LogP contribution in [0.1, 0.15) is 49.2 Å². The number of rotatable bonds is 9. The molecule has 0 bridgehead atoms. The number of carbonyl (C=O) groups is 3. The van der Waals surface area contributed by atoms with Crippen LogP contribution >= 0.6 is 0 Å². The molecule has 1 aromatic carbocycles. The molecule has 8 nitrogen and oxygen atoms in total. The second-order valence-electron chi connectivity index (χ2n) is 9.96. The highest BCUT2D eigenvalue weighted by molar-refractivity contribution is 6.10. The number of likely N-dealkylation sites (tertiary alicyclic amines) is 1. The first-order valence-corrected chi connectivity index (χ1v) is 11.9. The maximum atomic E-state index is 15.1. The smallest absolute Gasteiger partial charge is 0.241 e. The molecule has 1 aliphatic heterocycles. The minimum absolute atomic E-state index is 0.0940. The van der Waals surface area contributed by atoms with Crippen LogP contribution in [-0.4, -0.2) is 75.4 Å². The van der Waals surface area contributed by atoms with Gasteiger partial charge in [-0.3, -0.25) is 24.0 Å². The van der Waals surface area contributed by atoms with Crippen LogP contribution in [0.5, 0.6) is 0 Å². The summed E-state index contributed by atoms with van der Waals surface area (Å²) < 4.78 is 16.8. The maximum Gasteiger partial charge on any atom is 0.241 e. The molecule has 9 heteroatoms. The average Bonchev–Trinajstić information content (AvgIpc) is 3.15. The summed E-state index contributed by atoms with van der Waals surface area (Å²) in [6, 6.07) is 5.78. The molecule has 0 saturated carbocycles. The van der Waals surface area contributed by atoms with Gasteiger partial charge >= 0.3 is 0 Å². The molecule has 2 heterocycles. The minimum atomic E-state index is -1.57. The van der Waals surface area contributed by atoms with Crippen molar-refractivity contribution in [3.05, 3.63) is 52.6 Å². The molecular weight excluding hydrogens is 449 g/mol. The van der Waals surface area contributed by atoms with E-state index in [9.17, 15) is 14.4 Å². The van der Waals surface area contributed by atoms with Crippen molar-refractivity contribution in [1.29, 1.82) is 0 Å². The van der Waals surface area contributed by atoms with E-state index in [4.69, 9.17) is 0 Å². The van der Waals surface area contributed by atoms with Gasteiger partial charge in [-0.1, -0.05) is 18.2 Å². The zero-order valence-electron chi connectivity index (χ0n) is 21.8. The van der Waals surface area contributed by atoms with Gasteiger partial charge in [0.2, 0.25) is 17.7 Å². The largest absolute Gasteiger partial charge is 0.336 e. The van der Waals surface area contributed by atoms with Crippen LogP contribution in [0.25, 0.3) is 0 Å². The third kappa shape index (κ3) is 5.15. The van der Waals surface area contributed by atoms with E-state index in [-0.39, 0.29) is 42.8 Å². The molecule has 1 aromatic heterocycles. The third-order valence-electron chi connectivity index (χ3n) is 6.95. The van der Waals surface area contributed by atoms with E-state index in [1.54, 1.807) is 15.6 Å². The number of amides is 3. The molecule has 190 valence electrons. The maximum absolute atomic E-state index is 15.1. The van der Waals surface area contributed by atoms with Crippen LogP contribution in [0.4, 0.5) is 4.39 Å². The topological polar surface area (TPSA) is 78.8 Å². The fourth-order valence-electron chi connectivity index (χ4n) is 4.76. The molecule has 1 atom stereocenters. The number of aromatic nitrogens is 2. The Morgan fingerprint density at radius 3 is 2.40 bits per heavy atom. The van der Waals surface area contributed by atoms with Crippen molar-refractivity contribution in [2.24, 2.45) is 7.05 Å². The molecule has 2 aromatic rings. The Bertz CT molecular complexity index is 1130. The summed E-state index contributed by atoms with van der Waals surface area (Å²) in [5, 5.41) is 4.44. The number of likely N-dealkylation sites (N-methyl/N-ethyl adjacent to an activating group) is 1. The summed E-state index contributed by atoms with van der Waals surface area (Å²) in [5.41, 5.74) is 1.24. The van der Waals surface area contributed by atoms with Crippen molar-refractivity contribution in [3.63, 3.8) is 0 Å². The number of aryl methyl sites for hydroxylation is 2. The fourth-order valence-corrected chi connectivity index (χ4v) is 4.76. The zero-order chi connectivity index (χ0) is 26.1. The van der Waals surface area contributed by atoms with Gasteiger partial charge in [0.15, 0.2) is 0 Å². The lowest BCUT2D eigenvalue weighted by atomic mass is 9.75. The zero-order valence-corrected chi connectivity index (χ0v) is 21.8. The number of hydrogen-bond acceptors (Lipinski definition) is 5. The lowest BCUT2D eigenvalue weighted by molar-refractivity contribution is -0.143. The fraction of sp³-hybridized carbons (Fsp3) is 0.538. The van der Waals surface area contributed by atoms with Gasteiger partial charge in [-0.25, -0.2) is 4.39 Å². The molecule has 1 saturated heterocycles. The van der Waals surface area contributed by atoms with Gasteiger partial charge < -0.3 is 9.80 Å². The predicted octanol–water partition coefficient (Wildman–Crippen LogP) is 2.56. The van der Waals surface area contributed by atoms with Gasteiger partial charge in [0.25, 0.3) is 0 Å². The van der Waals surface area contributed by atoms with Crippen LogP contribution < -0.4 is 0 Å². The number of imide groups is 1. The van der Waals surface area contributed by atoms with Crippen LogP contribution in [0.15, 0.2) is 24.3 Å². The lowest BCUT2D eigenvalue weighted by Crippen LogP contribution is -2.46. The quantitative estimate of drug-likeness (QED) is 0.510. The molecule has 0 spiro atoms. The Morgan fingerprint density at radius 2 is 1.86 bits per heavy atom. The highest BCUT2D eigenvalue weighted by atomic mass is 19.1. The van der Waals surface area contributed by atoms with Crippen molar-refractivity contribution >= 4 is 17.7 Å². The number of halogens is 1. The first kappa shape index (κ1) is 26.5. The van der Waals surface area contributed by atoms with Crippen molar-refractivity contribution in [2.75, 3.05) is 27.2 Å². The highest BCUT2D eigenvalue weighted by Gasteiger charge is 2.55. The highest BCUT2D eigenvalue weighted by Crippen LogP contribution is 2.41. The van der Waals surface area contributed by atoms with Crippen molar-refractivity contribution < 1.29 is 18.8 Å². The van der Waals surface area contributed by atoms with Gasteiger partial charge in [0.1, 0.15) is 5.82 Å². The average molecular weight is 486 g/mol. The van der Waals surface area contributed by atoms with Gasteiger partial charge in [-0.15, -0.1) is 0 Å². The van der Waals surface area contributed by atoms with Crippen molar-refractivity contribution in [3.8, 4) is 0 Å². The van der Waals surface area contributed by atoms with E-state index in [1.165, 1.54) is 23.1 Å². The molecule has 0 aliphatic carbocycles. The molecule has 3 amide bonds. The van der Waals surface area contributed by atoms with E-state index in [2.05, 4.69) is 5.10 Å². The first-order chi connectivity index (χ1) is 16.4. The van der Waals surface area contributed by atoms with Crippen molar-refractivity contribution in [1.82, 2.24) is 24.5 Å². The monoisotopic (exact) mass is 485 g/mol. The van der Waals surface area contributed by atoms with E-state index in [1.807, 2.05) is 53.7 Å². The SMILES string of the molecule is Cc1nn(C)c(C)c1CN(C(=O)C[C@@]1(c2ccccc2F)CC(=O)N(CCN(C)C)C1=O)C(C)C. The lowest BCUT2D eigenvalue weighted by Gasteiger charge is -2.33. The number of carbonyl (C=O) groups excluding carboxylic acids is 3. The van der Waals surface area contributed by atoms with Gasteiger partial charge in [0, 0.05) is 62.4 Å². The molecule has 0 unspecified atom stereocenters. The van der Waals surface area contributed by atoms with Gasteiger partial charge in [0.05, 0.1) is 11.1 Å². The summed E-state index contributed by atoms with van der Waals surface area (Å²) in [7, 11) is 5.55. The summed E-state index contributed by atoms with van der Waals surface area (Å²) in [6.45, 7) is 8.64. The minimum Gasteiger partial charge on any atom is -0.336 e. The first-order valence-electron chi connectivity index (χ1n) is 11.9. The molecular formula is C26H36FN5O3. The van der Waals surface area contributed by atoms with E-state index in [0.717, 1.165) is 17.0 Å². The summed E-state index contributed by atoms with van der Waals surface area (Å²) in [4.78, 5) is 45.2. The molecule has 1 fully saturated rings. The molecule has 3 rings (SSSR count). The summed E-state index contributed by atoms with van der Waals surface area (Å²) in [6.07, 6.45) is -0.518. The Hall–Kier alpha value is -3.07. The Morgan fingerprint density at radius 1 is 1.20 bits per heavy atom. The normalized spacial score (nSPS) is 18.3. The third-order valence-corrected chi connectivity index (χ3v) is 6.95. The molecule has 0 N–H and O–H groups in total. The van der Waals surface area contributed by atoms with Crippen molar-refractivity contribution in [2.45, 2.75) is 58.5 Å². The summed E-state index contributed by atoms with van der Waals surface area (Å²) >= 11 is 0. The Labute approximate surface area is 206 Å². The summed E-state index contributed by atoms with van der Waals surface area (Å²) in [5.74, 6) is -1.80. The Balaban J connectivity index is 2.00. The molecule has 0 radical (unpaired) electrons. The van der Waals surface area contributed by atoms with Crippen LogP contribution in [0.2, 0.25) is 0 Å². The standard InChI is InChI=1S/C26H36FN5O3/c1-17(2)32(16-20-18(3)28-30(7)19(20)4)24(34)15-26(21-10-8-9-11-22(21)27)14-23(33)31(25(26)35)13-12-29(5)6/h8-11,17H,12-16H2,1-7H3/t26-/m1/s1. The van der Waals surface area contributed by atoms with E-state index in [0.29, 0.717) is 13.1 Å².